The van der Waals surface area contributed by atoms with E-state index < -0.39 is 34.8 Å². The third-order valence-electron chi connectivity index (χ3n) is 2.03. The van der Waals surface area contributed by atoms with E-state index in [1.54, 1.807) is 0 Å². The predicted octanol–water partition coefficient (Wildman–Crippen LogP) is 2.12. The van der Waals surface area contributed by atoms with E-state index in [0.717, 1.165) is 24.4 Å². The zero-order valence-electron chi connectivity index (χ0n) is 8.32. The molecule has 0 aliphatic carbocycles. The summed E-state index contributed by atoms with van der Waals surface area (Å²) in [5.41, 5.74) is -1.22. The first-order valence-corrected chi connectivity index (χ1v) is 4.57. The zero-order valence-corrected chi connectivity index (χ0v) is 8.32. The molecule has 2 aromatic heterocycles. The molecule has 0 amide bonds. The van der Waals surface area contributed by atoms with Gasteiger partial charge >= 0.3 is 0 Å². The quantitative estimate of drug-likeness (QED) is 0.594. The second kappa shape index (κ2) is 4.32. The summed E-state index contributed by atoms with van der Waals surface area (Å²) in [5, 5.41) is 0. The number of aromatic nitrogens is 2. The maximum Gasteiger partial charge on any atom is 0.224 e. The summed E-state index contributed by atoms with van der Waals surface area (Å²) >= 11 is 0. The molecule has 3 nitrogen and oxygen atoms in total. The van der Waals surface area contributed by atoms with E-state index in [4.69, 9.17) is 0 Å². The molecule has 86 valence electrons. The van der Waals surface area contributed by atoms with Crippen molar-refractivity contribution < 1.29 is 18.0 Å². The highest BCUT2D eigenvalue weighted by molar-refractivity contribution is 6.07. The van der Waals surface area contributed by atoms with Crippen molar-refractivity contribution in [3.63, 3.8) is 0 Å². The van der Waals surface area contributed by atoms with Crippen LogP contribution in [0.5, 0.6) is 0 Å². The number of rotatable bonds is 2. The van der Waals surface area contributed by atoms with Crippen LogP contribution in [0.3, 0.4) is 0 Å². The van der Waals surface area contributed by atoms with Gasteiger partial charge in [-0.1, -0.05) is 0 Å². The summed E-state index contributed by atoms with van der Waals surface area (Å²) in [7, 11) is 0. The SMILES string of the molecule is O=C(c1cccnc1F)c1nc(F)ccc1F. The lowest BCUT2D eigenvalue weighted by Gasteiger charge is -2.02. The van der Waals surface area contributed by atoms with Crippen LogP contribution in [0.15, 0.2) is 30.5 Å². The Bertz CT molecular complexity index is 587. The van der Waals surface area contributed by atoms with Crippen LogP contribution in [0, 0.1) is 17.7 Å². The summed E-state index contributed by atoms with van der Waals surface area (Å²) in [5.74, 6) is -4.13. The maximum atomic E-state index is 13.2. The summed E-state index contributed by atoms with van der Waals surface area (Å²) in [4.78, 5) is 18.0. The van der Waals surface area contributed by atoms with Crippen molar-refractivity contribution in [3.8, 4) is 0 Å². The Kier molecular flexibility index (Phi) is 2.86. The summed E-state index contributed by atoms with van der Waals surface area (Å²) in [6, 6.07) is 3.96. The Morgan fingerprint density at radius 2 is 1.88 bits per heavy atom. The van der Waals surface area contributed by atoms with Crippen molar-refractivity contribution in [2.24, 2.45) is 0 Å². The maximum absolute atomic E-state index is 13.2. The molecule has 0 saturated carbocycles. The van der Waals surface area contributed by atoms with Crippen molar-refractivity contribution in [1.82, 2.24) is 9.97 Å². The highest BCUT2D eigenvalue weighted by Crippen LogP contribution is 2.13. The molecule has 17 heavy (non-hydrogen) atoms. The van der Waals surface area contributed by atoms with Crippen LogP contribution in [0.2, 0.25) is 0 Å². The minimum atomic E-state index is -1.05. The van der Waals surface area contributed by atoms with Crippen LogP contribution < -0.4 is 0 Å². The summed E-state index contributed by atoms with van der Waals surface area (Å²) in [6.45, 7) is 0. The van der Waals surface area contributed by atoms with Crippen molar-refractivity contribution in [3.05, 3.63) is 59.4 Å². The lowest BCUT2D eigenvalue weighted by Crippen LogP contribution is -2.11. The Labute approximate surface area is 94.0 Å². The third-order valence-corrected chi connectivity index (χ3v) is 2.03. The molecule has 6 heteroatoms. The fraction of sp³-hybridized carbons (Fsp3) is 0. The minimum absolute atomic E-state index is 0.454. The lowest BCUT2D eigenvalue weighted by atomic mass is 10.1. The number of carbonyl (C=O) groups is 1. The van der Waals surface area contributed by atoms with Crippen molar-refractivity contribution in [1.29, 1.82) is 0 Å². The molecular formula is C11H5F3N2O. The van der Waals surface area contributed by atoms with Gasteiger partial charge in [-0.2, -0.15) is 8.78 Å². The topological polar surface area (TPSA) is 42.9 Å². The monoisotopic (exact) mass is 238 g/mol. The number of carbonyl (C=O) groups excluding carboxylic acids is 1. The van der Waals surface area contributed by atoms with Crippen LogP contribution in [0.1, 0.15) is 16.1 Å². The first-order chi connectivity index (χ1) is 8.09. The van der Waals surface area contributed by atoms with Gasteiger partial charge in [-0.05, 0) is 24.3 Å². The van der Waals surface area contributed by atoms with E-state index in [1.807, 2.05) is 0 Å². The summed E-state index contributed by atoms with van der Waals surface area (Å²) in [6.07, 6.45) is 1.14. The zero-order chi connectivity index (χ0) is 12.4. The third kappa shape index (κ3) is 2.15. The van der Waals surface area contributed by atoms with E-state index in [9.17, 15) is 18.0 Å². The highest BCUT2D eigenvalue weighted by atomic mass is 19.1. The van der Waals surface area contributed by atoms with Gasteiger partial charge in [-0.15, -0.1) is 0 Å². The average molecular weight is 238 g/mol. The molecule has 2 heterocycles. The largest absolute Gasteiger partial charge is 0.287 e. The fourth-order valence-corrected chi connectivity index (χ4v) is 1.26. The smallest absolute Gasteiger partial charge is 0.224 e. The number of hydrogen-bond donors (Lipinski definition) is 0. The minimum Gasteiger partial charge on any atom is -0.287 e. The summed E-state index contributed by atoms with van der Waals surface area (Å²) < 4.78 is 39.2. The first-order valence-electron chi connectivity index (χ1n) is 4.57. The Hall–Kier alpha value is -2.24. The van der Waals surface area contributed by atoms with Crippen LogP contribution >= 0.6 is 0 Å². The highest BCUT2D eigenvalue weighted by Gasteiger charge is 2.20. The molecule has 0 unspecified atom stereocenters. The molecule has 0 aliphatic rings. The average Bonchev–Trinajstić information content (AvgIpc) is 2.32. The van der Waals surface area contributed by atoms with Gasteiger partial charge in [0.1, 0.15) is 5.69 Å². The van der Waals surface area contributed by atoms with E-state index >= 15 is 0 Å². The number of pyridine rings is 2. The van der Waals surface area contributed by atoms with E-state index in [0.29, 0.717) is 0 Å². The second-order valence-electron chi connectivity index (χ2n) is 3.14. The van der Waals surface area contributed by atoms with Crippen LogP contribution in [0.25, 0.3) is 0 Å². The number of halogens is 3. The van der Waals surface area contributed by atoms with Crippen molar-refractivity contribution in [2.45, 2.75) is 0 Å². The molecule has 0 atom stereocenters. The van der Waals surface area contributed by atoms with Crippen molar-refractivity contribution >= 4 is 5.78 Å². The molecule has 0 aromatic carbocycles. The van der Waals surface area contributed by atoms with E-state index in [2.05, 4.69) is 9.97 Å². The van der Waals surface area contributed by atoms with Gasteiger partial charge in [-0.25, -0.2) is 14.4 Å². The molecule has 2 rings (SSSR count). The van der Waals surface area contributed by atoms with Crippen LogP contribution in [-0.4, -0.2) is 15.8 Å². The van der Waals surface area contributed by atoms with E-state index in [-0.39, 0.29) is 0 Å². The Balaban J connectivity index is 2.51. The molecule has 0 fully saturated rings. The van der Waals surface area contributed by atoms with Gasteiger partial charge in [0.05, 0.1) is 5.56 Å². The number of ketones is 1. The van der Waals surface area contributed by atoms with Gasteiger partial charge in [0.25, 0.3) is 0 Å². The predicted molar refractivity (Wildman–Crippen MR) is 51.8 cm³/mol. The Morgan fingerprint density at radius 3 is 2.59 bits per heavy atom. The number of hydrogen-bond acceptors (Lipinski definition) is 3. The van der Waals surface area contributed by atoms with Gasteiger partial charge < -0.3 is 0 Å². The molecular weight excluding hydrogens is 233 g/mol. The molecule has 0 spiro atoms. The lowest BCUT2D eigenvalue weighted by molar-refractivity contribution is 0.102. The standard InChI is InChI=1S/C11H5F3N2O/c12-7-3-4-8(13)16-9(7)10(17)6-2-1-5-15-11(6)14/h1-5H. The molecule has 0 bridgehead atoms. The normalized spacial score (nSPS) is 10.3. The molecule has 0 aliphatic heterocycles. The second-order valence-corrected chi connectivity index (χ2v) is 3.14. The molecule has 0 N–H and O–H groups in total. The Morgan fingerprint density at radius 1 is 1.12 bits per heavy atom. The van der Waals surface area contributed by atoms with Crippen LogP contribution in [-0.2, 0) is 0 Å². The van der Waals surface area contributed by atoms with Crippen LogP contribution in [0.4, 0.5) is 13.2 Å². The molecule has 2 aromatic rings. The van der Waals surface area contributed by atoms with Gasteiger partial charge in [0.15, 0.2) is 5.82 Å². The van der Waals surface area contributed by atoms with Gasteiger partial charge in [-0.3, -0.25) is 4.79 Å². The van der Waals surface area contributed by atoms with Gasteiger partial charge in [0, 0.05) is 6.20 Å². The fourth-order valence-electron chi connectivity index (χ4n) is 1.26. The van der Waals surface area contributed by atoms with E-state index in [1.165, 1.54) is 6.07 Å². The number of nitrogens with zero attached hydrogens (tertiary/aromatic N) is 2. The molecule has 0 saturated heterocycles. The first kappa shape index (κ1) is 11.3. The van der Waals surface area contributed by atoms with Gasteiger partial charge in [0.2, 0.25) is 17.7 Å². The molecule has 0 radical (unpaired) electrons. The van der Waals surface area contributed by atoms with Crippen molar-refractivity contribution in [2.75, 3.05) is 0 Å².